The molecule has 0 aromatic heterocycles. The van der Waals surface area contributed by atoms with Gasteiger partial charge in [-0.25, -0.2) is 4.79 Å². The van der Waals surface area contributed by atoms with E-state index in [1.165, 1.54) is 21.1 Å². The number of carbonyl (C=O) groups is 1. The molecule has 0 aromatic carbocycles. The molecule has 6 heteroatoms. The van der Waals surface area contributed by atoms with E-state index in [4.69, 9.17) is 5.11 Å². The van der Waals surface area contributed by atoms with Crippen molar-refractivity contribution in [2.24, 2.45) is 10.3 Å². The second-order valence-corrected chi connectivity index (χ2v) is 1.79. The minimum Gasteiger partial charge on any atom is -0.476 e. The Morgan fingerprint density at radius 2 is 1.75 bits per heavy atom. The van der Waals surface area contributed by atoms with Crippen LogP contribution in [-0.4, -0.2) is 36.7 Å². The van der Waals surface area contributed by atoms with Crippen molar-refractivity contribution in [1.82, 2.24) is 0 Å². The number of carboxylic acid groups (broad SMARTS) is 1. The van der Waals surface area contributed by atoms with Crippen LogP contribution in [0.15, 0.2) is 10.3 Å². The summed E-state index contributed by atoms with van der Waals surface area (Å²) in [7, 11) is 2.57. The smallest absolute Gasteiger partial charge is 0.360 e. The lowest BCUT2D eigenvalue weighted by Gasteiger charge is -1.97. The van der Waals surface area contributed by atoms with Crippen molar-refractivity contribution in [2.75, 3.05) is 14.2 Å². The third-order valence-corrected chi connectivity index (χ3v) is 0.956. The summed E-state index contributed by atoms with van der Waals surface area (Å²) in [5.74, 6) is -1.21. The number of hydrogen-bond acceptors (Lipinski definition) is 5. The molecule has 12 heavy (non-hydrogen) atoms. The SMILES string of the molecule is CON=C(C)C(=NOC)C(=O)O. The molecule has 6 nitrogen and oxygen atoms in total. The van der Waals surface area contributed by atoms with Crippen molar-refractivity contribution in [3.63, 3.8) is 0 Å². The molecule has 0 saturated heterocycles. The lowest BCUT2D eigenvalue weighted by molar-refractivity contribution is -0.129. The second kappa shape index (κ2) is 5.11. The Morgan fingerprint density at radius 3 is 2.08 bits per heavy atom. The Kier molecular flexibility index (Phi) is 4.43. The molecule has 0 amide bonds. The molecule has 0 bridgehead atoms. The van der Waals surface area contributed by atoms with Crippen LogP contribution in [0.25, 0.3) is 0 Å². The molecule has 68 valence electrons. The van der Waals surface area contributed by atoms with Gasteiger partial charge in [0, 0.05) is 0 Å². The minimum absolute atomic E-state index is 0.145. The fourth-order valence-electron chi connectivity index (χ4n) is 0.531. The highest BCUT2D eigenvalue weighted by molar-refractivity contribution is 6.64. The van der Waals surface area contributed by atoms with Crippen LogP contribution in [0.1, 0.15) is 6.92 Å². The lowest BCUT2D eigenvalue weighted by Crippen LogP contribution is -2.22. The standard InChI is InChI=1S/C6H10N2O4/c1-4(7-11-2)5(6(9)10)8-12-3/h1-3H3,(H,9,10). The number of nitrogens with zero attached hydrogens (tertiary/aromatic N) is 2. The first kappa shape index (κ1) is 10.4. The monoisotopic (exact) mass is 174 g/mol. The molecule has 0 aliphatic rings. The predicted octanol–water partition coefficient (Wildman–Crippen LogP) is 0.0957. The van der Waals surface area contributed by atoms with E-state index in [0.29, 0.717) is 0 Å². The maximum atomic E-state index is 10.5. The zero-order valence-electron chi connectivity index (χ0n) is 7.07. The summed E-state index contributed by atoms with van der Waals surface area (Å²) in [5, 5.41) is 15.2. The molecule has 0 saturated carbocycles. The van der Waals surface area contributed by atoms with Gasteiger partial charge in [0.25, 0.3) is 0 Å². The first-order valence-corrected chi connectivity index (χ1v) is 3.06. The maximum Gasteiger partial charge on any atom is 0.360 e. The molecular weight excluding hydrogens is 164 g/mol. The predicted molar refractivity (Wildman–Crippen MR) is 42.2 cm³/mol. The van der Waals surface area contributed by atoms with Gasteiger partial charge in [0.05, 0.1) is 0 Å². The summed E-state index contributed by atoms with van der Waals surface area (Å²) >= 11 is 0. The Morgan fingerprint density at radius 1 is 1.25 bits per heavy atom. The summed E-state index contributed by atoms with van der Waals surface area (Å²) in [4.78, 5) is 19.1. The lowest BCUT2D eigenvalue weighted by atomic mass is 10.3. The van der Waals surface area contributed by atoms with Crippen molar-refractivity contribution >= 4 is 17.4 Å². The van der Waals surface area contributed by atoms with Crippen molar-refractivity contribution in [1.29, 1.82) is 0 Å². The largest absolute Gasteiger partial charge is 0.476 e. The van der Waals surface area contributed by atoms with Gasteiger partial charge in [-0.05, 0) is 6.92 Å². The van der Waals surface area contributed by atoms with Crippen LogP contribution in [0.4, 0.5) is 0 Å². The van der Waals surface area contributed by atoms with E-state index in [1.807, 2.05) is 0 Å². The zero-order valence-corrected chi connectivity index (χ0v) is 7.07. The second-order valence-electron chi connectivity index (χ2n) is 1.79. The van der Waals surface area contributed by atoms with E-state index in [0.717, 1.165) is 0 Å². The van der Waals surface area contributed by atoms with Gasteiger partial charge >= 0.3 is 5.97 Å². The van der Waals surface area contributed by atoms with E-state index in [1.54, 1.807) is 0 Å². The van der Waals surface area contributed by atoms with Crippen molar-refractivity contribution in [3.8, 4) is 0 Å². The molecule has 0 aliphatic heterocycles. The molecule has 0 radical (unpaired) electrons. The highest BCUT2D eigenvalue weighted by atomic mass is 16.6. The zero-order chi connectivity index (χ0) is 9.56. The Hall–Kier alpha value is -1.59. The van der Waals surface area contributed by atoms with E-state index in [-0.39, 0.29) is 11.4 Å². The first-order chi connectivity index (χ1) is 5.63. The van der Waals surface area contributed by atoms with Crippen LogP contribution in [0.3, 0.4) is 0 Å². The number of carboxylic acids is 1. The van der Waals surface area contributed by atoms with Gasteiger partial charge in [0.15, 0.2) is 0 Å². The molecule has 0 aromatic rings. The van der Waals surface area contributed by atoms with Crippen LogP contribution in [0.5, 0.6) is 0 Å². The van der Waals surface area contributed by atoms with E-state index in [9.17, 15) is 4.79 Å². The summed E-state index contributed by atoms with van der Waals surface area (Å²) in [6.07, 6.45) is 0. The fraction of sp³-hybridized carbons (Fsp3) is 0.500. The Balaban J connectivity index is 4.64. The first-order valence-electron chi connectivity index (χ1n) is 3.06. The van der Waals surface area contributed by atoms with E-state index in [2.05, 4.69) is 20.0 Å². The molecular formula is C6H10N2O4. The van der Waals surface area contributed by atoms with Crippen LogP contribution in [0, 0.1) is 0 Å². The quantitative estimate of drug-likeness (QED) is 0.484. The van der Waals surface area contributed by atoms with Crippen molar-refractivity contribution in [3.05, 3.63) is 0 Å². The molecule has 0 unspecified atom stereocenters. The van der Waals surface area contributed by atoms with Crippen molar-refractivity contribution in [2.45, 2.75) is 6.92 Å². The number of rotatable bonds is 4. The van der Waals surface area contributed by atoms with Crippen molar-refractivity contribution < 1.29 is 19.6 Å². The summed E-state index contributed by atoms with van der Waals surface area (Å²) in [6.45, 7) is 1.45. The number of hydrogen-bond donors (Lipinski definition) is 1. The maximum absolute atomic E-state index is 10.5. The van der Waals surface area contributed by atoms with Gasteiger partial charge in [-0.3, -0.25) is 0 Å². The summed E-state index contributed by atoms with van der Waals surface area (Å²) in [6, 6.07) is 0. The van der Waals surface area contributed by atoms with Gasteiger partial charge in [-0.15, -0.1) is 0 Å². The third-order valence-electron chi connectivity index (χ3n) is 0.956. The minimum atomic E-state index is -1.21. The van der Waals surface area contributed by atoms with Gasteiger partial charge in [0.2, 0.25) is 5.71 Å². The van der Waals surface area contributed by atoms with Crippen LogP contribution >= 0.6 is 0 Å². The van der Waals surface area contributed by atoms with Gasteiger partial charge in [0.1, 0.15) is 19.9 Å². The number of aliphatic carboxylic acids is 1. The number of oxime groups is 2. The molecule has 0 rings (SSSR count). The molecule has 0 fully saturated rings. The van der Waals surface area contributed by atoms with E-state index < -0.39 is 5.97 Å². The van der Waals surface area contributed by atoms with Gasteiger partial charge < -0.3 is 14.8 Å². The highest BCUT2D eigenvalue weighted by Gasteiger charge is 2.14. The fourth-order valence-corrected chi connectivity index (χ4v) is 0.531. The third kappa shape index (κ3) is 3.00. The Labute approximate surface area is 69.4 Å². The molecule has 0 aliphatic carbocycles. The average molecular weight is 174 g/mol. The molecule has 0 atom stereocenters. The van der Waals surface area contributed by atoms with Gasteiger partial charge in [-0.2, -0.15) is 0 Å². The average Bonchev–Trinajstić information content (AvgIpc) is 1.99. The topological polar surface area (TPSA) is 80.5 Å². The Bertz CT molecular complexity index is 222. The van der Waals surface area contributed by atoms with Crippen LogP contribution < -0.4 is 0 Å². The van der Waals surface area contributed by atoms with Crippen LogP contribution in [0.2, 0.25) is 0 Å². The van der Waals surface area contributed by atoms with E-state index >= 15 is 0 Å². The van der Waals surface area contributed by atoms with Gasteiger partial charge in [-0.1, -0.05) is 10.3 Å². The highest BCUT2D eigenvalue weighted by Crippen LogP contribution is 1.87. The normalized spacial score (nSPS) is 12.6. The molecule has 0 heterocycles. The summed E-state index contributed by atoms with van der Waals surface area (Å²) in [5.41, 5.74) is -0.133. The summed E-state index contributed by atoms with van der Waals surface area (Å²) < 4.78 is 0. The van der Waals surface area contributed by atoms with Crippen LogP contribution in [-0.2, 0) is 14.5 Å². The molecule has 0 spiro atoms. The molecule has 1 N–H and O–H groups in total.